The predicted octanol–water partition coefficient (Wildman–Crippen LogP) is 4.10. The Balaban J connectivity index is 1.60. The smallest absolute Gasteiger partial charge is 0.251 e. The molecule has 4 heteroatoms. The van der Waals surface area contributed by atoms with Crippen LogP contribution in [0.15, 0.2) is 48.5 Å². The average molecular weight is 351 g/mol. The number of Topliss-reactive ketones (excluding diaryl/α,β-unsaturated/α-hetero) is 1. The maximum atomic E-state index is 12.3. The molecule has 0 atom stereocenters. The van der Waals surface area contributed by atoms with Gasteiger partial charge in [-0.1, -0.05) is 43.3 Å². The molecule has 1 aliphatic rings. The second kappa shape index (κ2) is 8.77. The molecule has 0 radical (unpaired) electrons. The van der Waals surface area contributed by atoms with Gasteiger partial charge < -0.3 is 10.1 Å². The fourth-order valence-corrected chi connectivity index (χ4v) is 3.16. The first-order valence-electron chi connectivity index (χ1n) is 9.27. The van der Waals surface area contributed by atoms with Gasteiger partial charge in [-0.3, -0.25) is 9.59 Å². The van der Waals surface area contributed by atoms with E-state index in [-0.39, 0.29) is 11.7 Å². The number of ketones is 1. The minimum atomic E-state index is -0.0352. The van der Waals surface area contributed by atoms with E-state index in [1.807, 2.05) is 55.5 Å². The van der Waals surface area contributed by atoms with Crippen LogP contribution in [-0.4, -0.2) is 31.4 Å². The van der Waals surface area contributed by atoms with E-state index in [0.29, 0.717) is 24.4 Å². The fraction of sp³-hybridized carbons (Fsp3) is 0.364. The van der Waals surface area contributed by atoms with Crippen LogP contribution in [0, 0.1) is 5.92 Å². The Morgan fingerprint density at radius 2 is 1.46 bits per heavy atom. The Kier molecular flexibility index (Phi) is 6.18. The van der Waals surface area contributed by atoms with Crippen molar-refractivity contribution in [2.75, 3.05) is 19.8 Å². The van der Waals surface area contributed by atoms with Crippen LogP contribution in [0.5, 0.6) is 0 Å². The number of carbonyl (C=O) groups is 2. The molecular formula is C22H25NO3. The fourth-order valence-electron chi connectivity index (χ4n) is 3.16. The summed E-state index contributed by atoms with van der Waals surface area (Å²) < 4.78 is 5.34. The van der Waals surface area contributed by atoms with Gasteiger partial charge in [-0.2, -0.15) is 0 Å². The van der Waals surface area contributed by atoms with Crippen LogP contribution in [-0.2, 0) is 4.74 Å². The summed E-state index contributed by atoms with van der Waals surface area (Å²) in [6, 6.07) is 15.2. The molecule has 1 aliphatic heterocycles. The molecule has 1 heterocycles. The second-order valence-corrected chi connectivity index (χ2v) is 6.70. The molecule has 1 fully saturated rings. The quantitative estimate of drug-likeness (QED) is 0.797. The summed E-state index contributed by atoms with van der Waals surface area (Å²) in [5, 5.41) is 3.02. The second-order valence-electron chi connectivity index (χ2n) is 6.70. The number of ether oxygens (including phenoxy) is 1. The van der Waals surface area contributed by atoms with E-state index in [1.54, 1.807) is 0 Å². The lowest BCUT2D eigenvalue weighted by Gasteiger charge is -2.22. The van der Waals surface area contributed by atoms with Gasteiger partial charge in [0.15, 0.2) is 5.78 Å². The Hall–Kier alpha value is -2.46. The van der Waals surface area contributed by atoms with Crippen molar-refractivity contribution in [3.8, 4) is 11.1 Å². The van der Waals surface area contributed by atoms with Crippen molar-refractivity contribution in [3.05, 3.63) is 59.7 Å². The number of nitrogens with one attached hydrogen (secondary N) is 1. The third kappa shape index (κ3) is 4.58. The highest BCUT2D eigenvalue weighted by atomic mass is 16.5. The Morgan fingerprint density at radius 1 is 0.923 bits per heavy atom. The van der Waals surface area contributed by atoms with E-state index in [9.17, 15) is 9.59 Å². The van der Waals surface area contributed by atoms with E-state index in [0.717, 1.165) is 42.7 Å². The molecule has 3 rings (SSSR count). The zero-order valence-corrected chi connectivity index (χ0v) is 15.2. The molecule has 136 valence electrons. The molecule has 0 saturated carbocycles. The normalized spacial score (nSPS) is 14.8. The minimum Gasteiger partial charge on any atom is -0.381 e. The SMILES string of the molecule is CCC(=O)c1ccc(-c2ccc(C(=O)NCC3CCOCC3)cc2)cc1. The van der Waals surface area contributed by atoms with Gasteiger partial charge in [0.1, 0.15) is 0 Å². The summed E-state index contributed by atoms with van der Waals surface area (Å²) in [6.45, 7) is 4.15. The van der Waals surface area contributed by atoms with Crippen LogP contribution in [0.25, 0.3) is 11.1 Å². The van der Waals surface area contributed by atoms with E-state index >= 15 is 0 Å². The van der Waals surface area contributed by atoms with Gasteiger partial charge in [-0.15, -0.1) is 0 Å². The first kappa shape index (κ1) is 18.3. The van der Waals surface area contributed by atoms with Gasteiger partial charge in [0.25, 0.3) is 5.91 Å². The third-order valence-electron chi connectivity index (χ3n) is 4.90. The first-order chi connectivity index (χ1) is 12.7. The predicted molar refractivity (Wildman–Crippen MR) is 102 cm³/mol. The Bertz CT molecular complexity index is 744. The zero-order chi connectivity index (χ0) is 18.4. The number of hydrogen-bond donors (Lipinski definition) is 1. The highest BCUT2D eigenvalue weighted by Gasteiger charge is 2.15. The van der Waals surface area contributed by atoms with Crippen LogP contribution >= 0.6 is 0 Å². The molecule has 0 aromatic heterocycles. The molecule has 26 heavy (non-hydrogen) atoms. The van der Waals surface area contributed by atoms with Crippen LogP contribution < -0.4 is 5.32 Å². The number of carbonyl (C=O) groups excluding carboxylic acids is 2. The molecule has 0 unspecified atom stereocenters. The molecule has 0 aliphatic carbocycles. The number of benzene rings is 2. The van der Waals surface area contributed by atoms with Gasteiger partial charge in [-0.25, -0.2) is 0 Å². The summed E-state index contributed by atoms with van der Waals surface area (Å²) >= 11 is 0. The van der Waals surface area contributed by atoms with Crippen molar-refractivity contribution >= 4 is 11.7 Å². The van der Waals surface area contributed by atoms with Crippen LogP contribution in [0.2, 0.25) is 0 Å². The summed E-state index contributed by atoms with van der Waals surface area (Å²) in [4.78, 5) is 24.0. The molecule has 1 saturated heterocycles. The lowest BCUT2D eigenvalue weighted by molar-refractivity contribution is 0.0642. The monoisotopic (exact) mass is 351 g/mol. The highest BCUT2D eigenvalue weighted by Crippen LogP contribution is 2.21. The van der Waals surface area contributed by atoms with Crippen molar-refractivity contribution in [3.63, 3.8) is 0 Å². The van der Waals surface area contributed by atoms with Gasteiger partial charge in [0.05, 0.1) is 0 Å². The average Bonchev–Trinajstić information content (AvgIpc) is 2.72. The third-order valence-corrected chi connectivity index (χ3v) is 4.90. The topological polar surface area (TPSA) is 55.4 Å². The largest absolute Gasteiger partial charge is 0.381 e. The van der Waals surface area contributed by atoms with Gasteiger partial charge in [-0.05, 0) is 42.0 Å². The number of amides is 1. The Labute approximate surface area is 154 Å². The summed E-state index contributed by atoms with van der Waals surface area (Å²) in [7, 11) is 0. The lowest BCUT2D eigenvalue weighted by atomic mass is 9.99. The van der Waals surface area contributed by atoms with Gasteiger partial charge in [0, 0.05) is 37.3 Å². The number of hydrogen-bond acceptors (Lipinski definition) is 3. The van der Waals surface area contributed by atoms with Crippen LogP contribution in [0.1, 0.15) is 46.9 Å². The van der Waals surface area contributed by atoms with Crippen molar-refractivity contribution < 1.29 is 14.3 Å². The molecule has 4 nitrogen and oxygen atoms in total. The molecule has 1 amide bonds. The lowest BCUT2D eigenvalue weighted by Crippen LogP contribution is -2.32. The highest BCUT2D eigenvalue weighted by molar-refractivity contribution is 5.96. The Morgan fingerprint density at radius 3 is 2.00 bits per heavy atom. The summed E-state index contributed by atoms with van der Waals surface area (Å²) in [5.41, 5.74) is 3.47. The molecule has 0 spiro atoms. The van der Waals surface area contributed by atoms with Crippen LogP contribution in [0.3, 0.4) is 0 Å². The van der Waals surface area contributed by atoms with E-state index in [4.69, 9.17) is 4.74 Å². The molecule has 0 bridgehead atoms. The van der Waals surface area contributed by atoms with Crippen molar-refractivity contribution in [2.24, 2.45) is 5.92 Å². The molecule has 2 aromatic carbocycles. The standard InChI is InChI=1S/C22H25NO3/c1-2-21(24)19-7-3-17(4-8-19)18-5-9-20(10-6-18)22(25)23-15-16-11-13-26-14-12-16/h3-10,16H,2,11-15H2,1H3,(H,23,25). The minimum absolute atomic E-state index is 0.0352. The zero-order valence-electron chi connectivity index (χ0n) is 15.2. The first-order valence-corrected chi connectivity index (χ1v) is 9.27. The van der Waals surface area contributed by atoms with Crippen molar-refractivity contribution in [1.82, 2.24) is 5.32 Å². The van der Waals surface area contributed by atoms with E-state index in [2.05, 4.69) is 5.32 Å². The summed E-state index contributed by atoms with van der Waals surface area (Å²) in [6.07, 6.45) is 2.53. The molecular weight excluding hydrogens is 326 g/mol. The van der Waals surface area contributed by atoms with E-state index in [1.165, 1.54) is 0 Å². The maximum absolute atomic E-state index is 12.3. The van der Waals surface area contributed by atoms with Gasteiger partial charge in [0.2, 0.25) is 0 Å². The summed E-state index contributed by atoms with van der Waals surface area (Å²) in [5.74, 6) is 0.622. The molecule has 1 N–H and O–H groups in total. The maximum Gasteiger partial charge on any atom is 0.251 e. The van der Waals surface area contributed by atoms with Crippen LogP contribution in [0.4, 0.5) is 0 Å². The van der Waals surface area contributed by atoms with E-state index < -0.39 is 0 Å². The van der Waals surface area contributed by atoms with Gasteiger partial charge >= 0.3 is 0 Å². The van der Waals surface area contributed by atoms with Crippen molar-refractivity contribution in [1.29, 1.82) is 0 Å². The van der Waals surface area contributed by atoms with Crippen molar-refractivity contribution in [2.45, 2.75) is 26.2 Å². The molecule has 2 aromatic rings. The number of rotatable bonds is 6.